The van der Waals surface area contributed by atoms with Crippen molar-refractivity contribution in [3.63, 3.8) is 0 Å². The average molecular weight is 714 g/mol. The summed E-state index contributed by atoms with van der Waals surface area (Å²) in [7, 11) is 4.28. The van der Waals surface area contributed by atoms with Crippen LogP contribution in [0.4, 0.5) is 26.3 Å². The van der Waals surface area contributed by atoms with Crippen LogP contribution in [0.2, 0.25) is 0 Å². The normalized spacial score (nSPS) is 12.5. The zero-order valence-corrected chi connectivity index (χ0v) is 28.1. The molecule has 0 spiro atoms. The van der Waals surface area contributed by atoms with Crippen LogP contribution in [-0.2, 0) is 18.8 Å². The largest absolute Gasteiger partial charge is 0.495 e. The van der Waals surface area contributed by atoms with E-state index in [1.807, 2.05) is 0 Å². The van der Waals surface area contributed by atoms with Crippen molar-refractivity contribution in [2.24, 2.45) is 0 Å². The molecule has 0 bridgehead atoms. The summed E-state index contributed by atoms with van der Waals surface area (Å²) < 4.78 is 101. The van der Waals surface area contributed by atoms with Gasteiger partial charge in [-0.15, -0.1) is 0 Å². The topological polar surface area (TPSA) is 82.9 Å². The molecule has 1 heterocycles. The standard InChI is InChI=1S/C37H33F6N3O5/c1-21-10-12-30(49-3)29(16-21)46-33(44-28-9-7-6-8-27(28)35(46)48)22(2)45(15-14-23-11-13-31(50-4)32(17-23)51-5)34(47)24-18-25(36(38,39)40)20-26(19-24)37(41,42)43/h6-13,16-20,22H,14-15H2,1-5H3. The predicted octanol–water partition coefficient (Wildman–Crippen LogP) is 8.20. The van der Waals surface area contributed by atoms with E-state index in [1.54, 1.807) is 67.6 Å². The Labute approximate surface area is 288 Å². The van der Waals surface area contributed by atoms with Gasteiger partial charge in [-0.2, -0.15) is 26.3 Å². The number of ether oxygens (including phenoxy) is 3. The van der Waals surface area contributed by atoms with Crippen molar-refractivity contribution >= 4 is 16.8 Å². The Morgan fingerprint density at radius 2 is 1.41 bits per heavy atom. The fraction of sp³-hybridized carbons (Fsp3) is 0.270. The quantitative estimate of drug-likeness (QED) is 0.136. The number of amides is 1. The fourth-order valence-corrected chi connectivity index (χ4v) is 5.78. The molecule has 0 aliphatic heterocycles. The molecule has 0 radical (unpaired) electrons. The van der Waals surface area contributed by atoms with Crippen molar-refractivity contribution in [1.29, 1.82) is 0 Å². The lowest BCUT2D eigenvalue weighted by atomic mass is 10.0. The molecule has 1 amide bonds. The van der Waals surface area contributed by atoms with Crippen molar-refractivity contribution in [1.82, 2.24) is 14.5 Å². The molecule has 1 aromatic heterocycles. The van der Waals surface area contributed by atoms with Crippen molar-refractivity contribution < 1.29 is 45.3 Å². The van der Waals surface area contributed by atoms with E-state index in [2.05, 4.69) is 0 Å². The van der Waals surface area contributed by atoms with Gasteiger partial charge in [-0.1, -0.05) is 24.3 Å². The number of rotatable bonds is 10. The number of carbonyl (C=O) groups excluding carboxylic acids is 1. The minimum absolute atomic E-state index is 0.00807. The van der Waals surface area contributed by atoms with Gasteiger partial charge in [0.15, 0.2) is 11.5 Å². The Hall–Kier alpha value is -5.53. The molecular formula is C37H33F6N3O5. The van der Waals surface area contributed by atoms with Crippen LogP contribution in [0.5, 0.6) is 17.2 Å². The van der Waals surface area contributed by atoms with Crippen LogP contribution in [-0.4, -0.2) is 48.2 Å². The van der Waals surface area contributed by atoms with E-state index in [4.69, 9.17) is 19.2 Å². The van der Waals surface area contributed by atoms with Crippen LogP contribution in [0.1, 0.15) is 51.4 Å². The Balaban J connectivity index is 1.74. The van der Waals surface area contributed by atoms with E-state index >= 15 is 0 Å². The van der Waals surface area contributed by atoms with Gasteiger partial charge in [0.2, 0.25) is 0 Å². The first-order valence-corrected chi connectivity index (χ1v) is 15.6. The Morgan fingerprint density at radius 1 is 0.804 bits per heavy atom. The van der Waals surface area contributed by atoms with Gasteiger partial charge >= 0.3 is 12.4 Å². The van der Waals surface area contributed by atoms with Crippen LogP contribution >= 0.6 is 0 Å². The summed E-state index contributed by atoms with van der Waals surface area (Å²) in [4.78, 5) is 34.4. The van der Waals surface area contributed by atoms with E-state index in [0.29, 0.717) is 29.2 Å². The third-order valence-electron chi connectivity index (χ3n) is 8.40. The molecule has 5 aromatic rings. The number of hydrogen-bond donors (Lipinski definition) is 0. The maximum absolute atomic E-state index is 14.3. The Bertz CT molecular complexity index is 2110. The predicted molar refractivity (Wildman–Crippen MR) is 178 cm³/mol. The van der Waals surface area contributed by atoms with Gasteiger partial charge in [0.1, 0.15) is 11.6 Å². The number of aromatic nitrogens is 2. The highest BCUT2D eigenvalue weighted by atomic mass is 19.4. The number of fused-ring (bicyclic) bond motifs is 1. The molecule has 14 heteroatoms. The lowest BCUT2D eigenvalue weighted by molar-refractivity contribution is -0.143. The number of para-hydroxylation sites is 1. The van der Waals surface area contributed by atoms with Gasteiger partial charge in [0, 0.05) is 12.1 Å². The summed E-state index contributed by atoms with van der Waals surface area (Å²) in [6, 6.07) is 16.0. The first kappa shape index (κ1) is 36.7. The van der Waals surface area contributed by atoms with Crippen LogP contribution in [0.15, 0.2) is 83.7 Å². The summed E-state index contributed by atoms with van der Waals surface area (Å²) in [6.45, 7) is 3.07. The average Bonchev–Trinajstić information content (AvgIpc) is 3.10. The van der Waals surface area contributed by atoms with Gasteiger partial charge in [0.25, 0.3) is 11.5 Å². The molecule has 51 heavy (non-hydrogen) atoms. The van der Waals surface area contributed by atoms with E-state index in [1.165, 1.54) is 32.8 Å². The second-order valence-electron chi connectivity index (χ2n) is 11.7. The summed E-state index contributed by atoms with van der Waals surface area (Å²) in [6.07, 6.45) is -10.3. The molecule has 0 aliphatic rings. The molecule has 268 valence electrons. The van der Waals surface area contributed by atoms with Crippen molar-refractivity contribution in [2.75, 3.05) is 27.9 Å². The van der Waals surface area contributed by atoms with Crippen molar-refractivity contribution in [3.05, 3.63) is 123 Å². The highest BCUT2D eigenvalue weighted by Gasteiger charge is 2.39. The molecule has 4 aromatic carbocycles. The third kappa shape index (κ3) is 7.64. The first-order chi connectivity index (χ1) is 24.1. The third-order valence-corrected chi connectivity index (χ3v) is 8.40. The molecule has 5 rings (SSSR count). The van der Waals surface area contributed by atoms with Gasteiger partial charge in [-0.05, 0) is 86.0 Å². The Kier molecular flexibility index (Phi) is 10.4. The van der Waals surface area contributed by atoms with E-state index < -0.39 is 46.6 Å². The second-order valence-corrected chi connectivity index (χ2v) is 11.7. The maximum atomic E-state index is 14.3. The van der Waals surface area contributed by atoms with Crippen LogP contribution in [0.3, 0.4) is 0 Å². The molecule has 0 N–H and O–H groups in total. The highest BCUT2D eigenvalue weighted by molar-refractivity contribution is 5.95. The number of halogens is 6. The second kappa shape index (κ2) is 14.4. The number of benzene rings is 4. The van der Waals surface area contributed by atoms with Crippen LogP contribution in [0.25, 0.3) is 16.6 Å². The molecular weight excluding hydrogens is 680 g/mol. The number of hydrogen-bond acceptors (Lipinski definition) is 6. The molecule has 8 nitrogen and oxygen atoms in total. The zero-order chi connectivity index (χ0) is 37.2. The summed E-state index contributed by atoms with van der Waals surface area (Å²) in [5.74, 6) is -0.0898. The first-order valence-electron chi connectivity index (χ1n) is 15.6. The Morgan fingerprint density at radius 3 is 2.02 bits per heavy atom. The van der Waals surface area contributed by atoms with E-state index in [-0.39, 0.29) is 47.2 Å². The molecule has 0 fully saturated rings. The lowest BCUT2D eigenvalue weighted by Gasteiger charge is -2.31. The van der Waals surface area contributed by atoms with Crippen molar-refractivity contribution in [2.45, 2.75) is 38.7 Å². The van der Waals surface area contributed by atoms with Gasteiger partial charge in [-0.3, -0.25) is 14.2 Å². The molecule has 0 saturated heterocycles. The monoisotopic (exact) mass is 713 g/mol. The lowest BCUT2D eigenvalue weighted by Crippen LogP contribution is -2.39. The molecule has 1 unspecified atom stereocenters. The number of methoxy groups -OCH3 is 3. The minimum Gasteiger partial charge on any atom is -0.495 e. The summed E-state index contributed by atoms with van der Waals surface area (Å²) in [5, 5.41) is 0.230. The minimum atomic E-state index is -5.19. The zero-order valence-electron chi connectivity index (χ0n) is 28.1. The van der Waals surface area contributed by atoms with Crippen LogP contribution in [0, 0.1) is 6.92 Å². The number of alkyl halides is 6. The summed E-state index contributed by atoms with van der Waals surface area (Å²) in [5.41, 5.74) is -2.77. The van der Waals surface area contributed by atoms with Crippen LogP contribution < -0.4 is 19.8 Å². The highest BCUT2D eigenvalue weighted by Crippen LogP contribution is 2.38. The fourth-order valence-electron chi connectivity index (χ4n) is 5.78. The molecule has 0 aliphatic carbocycles. The maximum Gasteiger partial charge on any atom is 0.416 e. The molecule has 1 atom stereocenters. The number of aryl methyl sites for hydroxylation is 1. The smallest absolute Gasteiger partial charge is 0.416 e. The van der Waals surface area contributed by atoms with Crippen molar-refractivity contribution in [3.8, 4) is 22.9 Å². The summed E-state index contributed by atoms with van der Waals surface area (Å²) >= 11 is 0. The van der Waals surface area contributed by atoms with E-state index in [9.17, 15) is 35.9 Å². The van der Waals surface area contributed by atoms with Gasteiger partial charge < -0.3 is 19.1 Å². The molecule has 0 saturated carbocycles. The van der Waals surface area contributed by atoms with Gasteiger partial charge in [0.05, 0.1) is 55.1 Å². The van der Waals surface area contributed by atoms with Gasteiger partial charge in [-0.25, -0.2) is 4.98 Å². The SMILES string of the molecule is COc1ccc(CCN(C(=O)c2cc(C(F)(F)F)cc(C(F)(F)F)c2)C(C)c2nc3ccccc3c(=O)n2-c2cc(C)ccc2OC)cc1OC. The van der Waals surface area contributed by atoms with E-state index in [0.717, 1.165) is 10.5 Å². The number of nitrogens with zero attached hydrogens (tertiary/aromatic N) is 3. The number of carbonyl (C=O) groups is 1.